The lowest BCUT2D eigenvalue weighted by atomic mass is 9.91. The maximum absolute atomic E-state index is 6.50. The number of rotatable bonds is 2. The van der Waals surface area contributed by atoms with Crippen molar-refractivity contribution in [3.05, 3.63) is 146 Å². The van der Waals surface area contributed by atoms with Gasteiger partial charge >= 0.3 is 0 Å². The molecule has 0 atom stereocenters. The van der Waals surface area contributed by atoms with E-state index in [0.29, 0.717) is 0 Å². The molecule has 10 rings (SSSR count). The van der Waals surface area contributed by atoms with Crippen molar-refractivity contribution in [1.82, 2.24) is 0 Å². The largest absolute Gasteiger partial charge is 0.452 e. The first-order valence-corrected chi connectivity index (χ1v) is 15.0. The average Bonchev–Trinajstić information content (AvgIpc) is 3.66. The monoisotopic (exact) mass is 560 g/mol. The second-order valence-corrected chi connectivity index (χ2v) is 11.7. The molecule has 204 valence electrons. The molecule has 2 nitrogen and oxygen atoms in total. The summed E-state index contributed by atoms with van der Waals surface area (Å²) in [5.74, 6) is 0. The Hall–Kier alpha value is -5.86. The molecule has 0 saturated heterocycles. The summed E-state index contributed by atoms with van der Waals surface area (Å²) in [7, 11) is 0. The third-order valence-electron chi connectivity index (χ3n) is 9.26. The fourth-order valence-electron chi connectivity index (χ4n) is 7.16. The van der Waals surface area contributed by atoms with Crippen LogP contribution in [0.5, 0.6) is 0 Å². The lowest BCUT2D eigenvalue weighted by Gasteiger charge is -2.12. The van der Waals surface area contributed by atoms with Gasteiger partial charge in [-0.15, -0.1) is 0 Å². The van der Waals surface area contributed by atoms with Crippen molar-refractivity contribution in [3.8, 4) is 22.3 Å². The molecule has 0 spiro atoms. The Bertz CT molecular complexity index is 2740. The minimum atomic E-state index is 0.801. The summed E-state index contributed by atoms with van der Waals surface area (Å²) in [5.41, 5.74) is 8.02. The molecule has 0 amide bonds. The van der Waals surface area contributed by atoms with Gasteiger partial charge in [0.05, 0.1) is 0 Å². The van der Waals surface area contributed by atoms with E-state index in [2.05, 4.69) is 127 Å². The Labute approximate surface area is 252 Å². The van der Waals surface area contributed by atoms with Gasteiger partial charge in [-0.05, 0) is 97.0 Å². The summed E-state index contributed by atoms with van der Waals surface area (Å²) in [6.07, 6.45) is 0. The van der Waals surface area contributed by atoms with Crippen LogP contribution in [0.2, 0.25) is 0 Å². The van der Waals surface area contributed by atoms with E-state index in [1.807, 2.05) is 18.2 Å². The summed E-state index contributed by atoms with van der Waals surface area (Å²) in [5, 5.41) is 12.1. The molecular weight excluding hydrogens is 536 g/mol. The molecule has 0 N–H and O–H groups in total. The van der Waals surface area contributed by atoms with Gasteiger partial charge in [-0.2, -0.15) is 0 Å². The first-order chi connectivity index (χ1) is 21.8. The number of hydrogen-bond acceptors (Lipinski definition) is 2. The van der Waals surface area contributed by atoms with Crippen LogP contribution in [0.25, 0.3) is 98.4 Å². The van der Waals surface area contributed by atoms with E-state index in [-0.39, 0.29) is 0 Å². The van der Waals surface area contributed by atoms with Crippen LogP contribution in [0.1, 0.15) is 0 Å². The SMILES string of the molecule is c1cc(-c2ccc3c(c2)oc2c3ccc3c4ccccc4oc32)cc(-c2ccc3c4ccccc4c4ccccc4c3c2)c1. The third-order valence-corrected chi connectivity index (χ3v) is 9.26. The van der Waals surface area contributed by atoms with Gasteiger partial charge in [0.15, 0.2) is 11.2 Å². The van der Waals surface area contributed by atoms with Crippen LogP contribution in [0, 0.1) is 0 Å². The molecule has 0 aliphatic rings. The Kier molecular flexibility index (Phi) is 4.75. The van der Waals surface area contributed by atoms with E-state index in [1.165, 1.54) is 43.4 Å². The molecule has 0 unspecified atom stereocenters. The topological polar surface area (TPSA) is 26.3 Å². The lowest BCUT2D eigenvalue weighted by molar-refractivity contribution is 0.633. The zero-order chi connectivity index (χ0) is 28.8. The highest BCUT2D eigenvalue weighted by molar-refractivity contribution is 6.26. The highest BCUT2D eigenvalue weighted by Gasteiger charge is 2.16. The second-order valence-electron chi connectivity index (χ2n) is 11.7. The minimum Gasteiger partial charge on any atom is -0.452 e. The predicted molar refractivity (Wildman–Crippen MR) is 184 cm³/mol. The average molecular weight is 561 g/mol. The molecule has 2 heterocycles. The van der Waals surface area contributed by atoms with E-state index >= 15 is 0 Å². The normalized spacial score (nSPS) is 12.1. The second kappa shape index (κ2) is 8.82. The smallest absolute Gasteiger partial charge is 0.178 e. The third kappa shape index (κ3) is 3.31. The van der Waals surface area contributed by atoms with E-state index in [0.717, 1.165) is 55.0 Å². The summed E-state index contributed by atoms with van der Waals surface area (Å²) >= 11 is 0. The molecule has 10 aromatic rings. The van der Waals surface area contributed by atoms with Crippen molar-refractivity contribution in [2.75, 3.05) is 0 Å². The molecule has 0 saturated carbocycles. The highest BCUT2D eigenvalue weighted by atomic mass is 16.4. The van der Waals surface area contributed by atoms with E-state index in [1.54, 1.807) is 0 Å². The van der Waals surface area contributed by atoms with Crippen LogP contribution < -0.4 is 0 Å². The zero-order valence-electron chi connectivity index (χ0n) is 23.7. The van der Waals surface area contributed by atoms with Gasteiger partial charge in [0.2, 0.25) is 0 Å². The van der Waals surface area contributed by atoms with Crippen molar-refractivity contribution in [2.24, 2.45) is 0 Å². The van der Waals surface area contributed by atoms with Crippen LogP contribution in [0.4, 0.5) is 0 Å². The molecule has 0 radical (unpaired) electrons. The van der Waals surface area contributed by atoms with Gasteiger partial charge in [-0.1, -0.05) is 103 Å². The van der Waals surface area contributed by atoms with Crippen molar-refractivity contribution < 1.29 is 8.83 Å². The Morgan fingerprint density at radius 3 is 1.34 bits per heavy atom. The van der Waals surface area contributed by atoms with Crippen LogP contribution >= 0.6 is 0 Å². The molecule has 8 aromatic carbocycles. The molecule has 0 aliphatic heterocycles. The fraction of sp³-hybridized carbons (Fsp3) is 0. The van der Waals surface area contributed by atoms with Gasteiger partial charge in [0.1, 0.15) is 11.2 Å². The maximum atomic E-state index is 6.50. The summed E-state index contributed by atoms with van der Waals surface area (Å²) in [6.45, 7) is 0. The van der Waals surface area contributed by atoms with Crippen molar-refractivity contribution in [1.29, 1.82) is 0 Å². The molecule has 2 heteroatoms. The molecule has 2 aromatic heterocycles. The van der Waals surface area contributed by atoms with Crippen LogP contribution in [0.15, 0.2) is 154 Å². The van der Waals surface area contributed by atoms with Gasteiger partial charge < -0.3 is 8.83 Å². The Morgan fingerprint density at radius 1 is 0.250 bits per heavy atom. The summed E-state index contributed by atoms with van der Waals surface area (Å²) < 4.78 is 12.8. The summed E-state index contributed by atoms with van der Waals surface area (Å²) in [6, 6.07) is 52.1. The zero-order valence-corrected chi connectivity index (χ0v) is 23.7. The molecule has 0 aliphatic carbocycles. The van der Waals surface area contributed by atoms with Crippen molar-refractivity contribution in [3.63, 3.8) is 0 Å². The van der Waals surface area contributed by atoms with Gasteiger partial charge in [0.25, 0.3) is 0 Å². The molecular formula is C42H24O2. The van der Waals surface area contributed by atoms with Gasteiger partial charge in [0, 0.05) is 21.5 Å². The first-order valence-electron chi connectivity index (χ1n) is 15.0. The fourth-order valence-corrected chi connectivity index (χ4v) is 7.16. The maximum Gasteiger partial charge on any atom is 0.178 e. The minimum absolute atomic E-state index is 0.801. The van der Waals surface area contributed by atoms with Crippen LogP contribution in [-0.4, -0.2) is 0 Å². The first kappa shape index (κ1) is 23.7. The number of benzene rings is 8. The van der Waals surface area contributed by atoms with Crippen molar-refractivity contribution in [2.45, 2.75) is 0 Å². The molecule has 0 bridgehead atoms. The number of para-hydroxylation sites is 1. The Balaban J connectivity index is 1.12. The Morgan fingerprint density at radius 2 is 0.682 bits per heavy atom. The summed E-state index contributed by atoms with van der Waals surface area (Å²) in [4.78, 5) is 0. The quantitative estimate of drug-likeness (QED) is 0.197. The van der Waals surface area contributed by atoms with Gasteiger partial charge in [-0.3, -0.25) is 0 Å². The molecule has 44 heavy (non-hydrogen) atoms. The van der Waals surface area contributed by atoms with Crippen molar-refractivity contribution >= 4 is 76.2 Å². The van der Waals surface area contributed by atoms with E-state index < -0.39 is 0 Å². The lowest BCUT2D eigenvalue weighted by Crippen LogP contribution is -1.85. The number of furan rings is 2. The van der Waals surface area contributed by atoms with Crippen LogP contribution in [-0.2, 0) is 0 Å². The van der Waals surface area contributed by atoms with Gasteiger partial charge in [-0.25, -0.2) is 0 Å². The highest BCUT2D eigenvalue weighted by Crippen LogP contribution is 2.41. The van der Waals surface area contributed by atoms with Crippen LogP contribution in [0.3, 0.4) is 0 Å². The van der Waals surface area contributed by atoms with E-state index in [4.69, 9.17) is 8.83 Å². The number of fused-ring (bicyclic) bond motifs is 13. The molecule has 0 fully saturated rings. The van der Waals surface area contributed by atoms with E-state index in [9.17, 15) is 0 Å². The standard InChI is InChI=1S/C42H24O2/c1-2-12-31-29(10-1)30-11-3-4-13-32(30)38-23-27(16-18-33(31)38)25-8-7-9-26(22-25)28-17-19-35-37-21-20-36-34-14-5-6-15-39(34)43-41(36)42(37)44-40(35)24-28/h1-24H. The predicted octanol–water partition coefficient (Wildman–Crippen LogP) is 12.3. The number of hydrogen-bond donors (Lipinski definition) is 0.